The molecule has 0 radical (unpaired) electrons. The lowest BCUT2D eigenvalue weighted by atomic mass is 10.2. The molecule has 2 aromatic rings. The van der Waals surface area contributed by atoms with Crippen molar-refractivity contribution in [3.8, 4) is 0 Å². The van der Waals surface area contributed by atoms with Crippen molar-refractivity contribution in [3.05, 3.63) is 63.6 Å². The van der Waals surface area contributed by atoms with E-state index in [0.29, 0.717) is 21.2 Å². The highest BCUT2D eigenvalue weighted by atomic mass is 35.5. The third-order valence-electron chi connectivity index (χ3n) is 4.53. The summed E-state index contributed by atoms with van der Waals surface area (Å²) in [6.07, 6.45) is 0. The molecule has 9 heteroatoms. The largest absolute Gasteiger partial charge is 0.336 e. The van der Waals surface area contributed by atoms with Crippen LogP contribution in [0.5, 0.6) is 0 Å². The van der Waals surface area contributed by atoms with E-state index in [1.54, 1.807) is 11.0 Å². The van der Waals surface area contributed by atoms with Crippen LogP contribution in [0.1, 0.15) is 27.6 Å². The van der Waals surface area contributed by atoms with Gasteiger partial charge in [0.05, 0.1) is 4.90 Å². The van der Waals surface area contributed by atoms with Gasteiger partial charge in [-0.3, -0.25) is 9.59 Å². The molecule has 28 heavy (non-hydrogen) atoms. The lowest BCUT2D eigenvalue weighted by Gasteiger charge is -2.34. The standard InChI is InChI=1S/C19H18Cl2N2O4S/c1-13(24)14-2-4-18(5-3-14)28(26,27)23-8-6-22(7-9-23)19(25)15-10-16(20)12-17(21)11-15/h2-5,10-12H,6-9H2,1H3. The molecule has 1 saturated heterocycles. The number of ketones is 1. The maximum absolute atomic E-state index is 12.8. The Morgan fingerprint density at radius 3 is 1.89 bits per heavy atom. The van der Waals surface area contributed by atoms with Crippen molar-refractivity contribution in [2.45, 2.75) is 11.8 Å². The van der Waals surface area contributed by atoms with Crippen molar-refractivity contribution < 1.29 is 18.0 Å². The van der Waals surface area contributed by atoms with Crippen LogP contribution in [0.4, 0.5) is 0 Å². The van der Waals surface area contributed by atoms with Crippen molar-refractivity contribution in [1.82, 2.24) is 9.21 Å². The normalized spacial score (nSPS) is 15.5. The second kappa shape index (κ2) is 8.21. The van der Waals surface area contributed by atoms with Gasteiger partial charge in [0.1, 0.15) is 0 Å². The molecule has 0 aliphatic carbocycles. The van der Waals surface area contributed by atoms with E-state index in [1.165, 1.54) is 47.6 Å². The highest BCUT2D eigenvalue weighted by Crippen LogP contribution is 2.22. The smallest absolute Gasteiger partial charge is 0.254 e. The first kappa shape index (κ1) is 20.8. The Balaban J connectivity index is 1.70. The molecule has 0 saturated carbocycles. The number of sulfonamides is 1. The quantitative estimate of drug-likeness (QED) is 0.683. The second-order valence-corrected chi connectivity index (χ2v) is 9.25. The Labute approximate surface area is 173 Å². The Morgan fingerprint density at radius 1 is 0.857 bits per heavy atom. The summed E-state index contributed by atoms with van der Waals surface area (Å²) in [5, 5.41) is 0.733. The molecule has 0 atom stereocenters. The Hall–Kier alpha value is -1.93. The number of benzene rings is 2. The van der Waals surface area contributed by atoms with Gasteiger partial charge in [0, 0.05) is 47.4 Å². The summed E-state index contributed by atoms with van der Waals surface area (Å²) in [7, 11) is -3.69. The fourth-order valence-electron chi connectivity index (χ4n) is 3.00. The number of amides is 1. The minimum absolute atomic E-state index is 0.124. The van der Waals surface area contributed by atoms with Crippen molar-refractivity contribution >= 4 is 44.9 Å². The van der Waals surface area contributed by atoms with E-state index >= 15 is 0 Å². The van der Waals surface area contributed by atoms with Crippen LogP contribution in [0.15, 0.2) is 47.4 Å². The van der Waals surface area contributed by atoms with Crippen LogP contribution in [0, 0.1) is 0 Å². The molecule has 1 fully saturated rings. The van der Waals surface area contributed by atoms with Crippen LogP contribution < -0.4 is 0 Å². The highest BCUT2D eigenvalue weighted by molar-refractivity contribution is 7.89. The van der Waals surface area contributed by atoms with Crippen LogP contribution in [0.2, 0.25) is 10.0 Å². The van der Waals surface area contributed by atoms with Crippen molar-refractivity contribution in [1.29, 1.82) is 0 Å². The average molecular weight is 441 g/mol. The number of Topliss-reactive ketones (excluding diaryl/α,β-unsaturated/α-hetero) is 1. The molecule has 1 aliphatic rings. The molecule has 1 heterocycles. The zero-order chi connectivity index (χ0) is 20.5. The number of hydrogen-bond donors (Lipinski definition) is 0. The van der Waals surface area contributed by atoms with Gasteiger partial charge in [-0.2, -0.15) is 4.31 Å². The molecular formula is C19H18Cl2N2O4S. The summed E-state index contributed by atoms with van der Waals surface area (Å²) < 4.78 is 27.0. The molecule has 0 unspecified atom stereocenters. The SMILES string of the molecule is CC(=O)c1ccc(S(=O)(=O)N2CCN(C(=O)c3cc(Cl)cc(Cl)c3)CC2)cc1. The van der Waals surface area contributed by atoms with Gasteiger partial charge >= 0.3 is 0 Å². The fourth-order valence-corrected chi connectivity index (χ4v) is 4.95. The van der Waals surface area contributed by atoms with E-state index in [2.05, 4.69) is 0 Å². The van der Waals surface area contributed by atoms with E-state index < -0.39 is 10.0 Å². The number of piperazine rings is 1. The lowest BCUT2D eigenvalue weighted by Crippen LogP contribution is -2.50. The first-order valence-electron chi connectivity index (χ1n) is 8.55. The number of hydrogen-bond acceptors (Lipinski definition) is 4. The van der Waals surface area contributed by atoms with Gasteiger partial charge in [-0.05, 0) is 37.3 Å². The van der Waals surface area contributed by atoms with Crippen LogP contribution >= 0.6 is 23.2 Å². The predicted octanol–water partition coefficient (Wildman–Crippen LogP) is 3.34. The zero-order valence-electron chi connectivity index (χ0n) is 15.1. The monoisotopic (exact) mass is 440 g/mol. The number of carbonyl (C=O) groups excluding carboxylic acids is 2. The van der Waals surface area contributed by atoms with E-state index in [-0.39, 0.29) is 42.8 Å². The minimum atomic E-state index is -3.69. The Bertz CT molecular complexity index is 994. The molecule has 1 amide bonds. The van der Waals surface area contributed by atoms with Gasteiger partial charge in [-0.15, -0.1) is 0 Å². The predicted molar refractivity (Wildman–Crippen MR) is 108 cm³/mol. The molecule has 1 aliphatic heterocycles. The highest BCUT2D eigenvalue weighted by Gasteiger charge is 2.30. The molecule has 0 bridgehead atoms. The van der Waals surface area contributed by atoms with Gasteiger partial charge in [0.15, 0.2) is 5.78 Å². The van der Waals surface area contributed by atoms with Gasteiger partial charge in [-0.25, -0.2) is 8.42 Å². The zero-order valence-corrected chi connectivity index (χ0v) is 17.4. The third-order valence-corrected chi connectivity index (χ3v) is 6.88. The summed E-state index contributed by atoms with van der Waals surface area (Å²) in [6.45, 7) is 2.29. The van der Waals surface area contributed by atoms with E-state index in [9.17, 15) is 18.0 Å². The second-order valence-electron chi connectivity index (χ2n) is 6.43. The van der Waals surface area contributed by atoms with E-state index in [1.807, 2.05) is 0 Å². The minimum Gasteiger partial charge on any atom is -0.336 e. The van der Waals surface area contributed by atoms with Gasteiger partial charge in [0.25, 0.3) is 5.91 Å². The summed E-state index contributed by atoms with van der Waals surface area (Å²) in [4.78, 5) is 25.7. The van der Waals surface area contributed by atoms with Crippen molar-refractivity contribution in [3.63, 3.8) is 0 Å². The van der Waals surface area contributed by atoms with E-state index in [4.69, 9.17) is 23.2 Å². The molecule has 0 N–H and O–H groups in total. The van der Waals surface area contributed by atoms with E-state index in [0.717, 1.165) is 0 Å². The molecular weight excluding hydrogens is 423 g/mol. The molecule has 0 aromatic heterocycles. The molecule has 148 valence electrons. The van der Waals surface area contributed by atoms with Crippen LogP contribution in [-0.4, -0.2) is 55.5 Å². The van der Waals surface area contributed by atoms with Gasteiger partial charge in [0.2, 0.25) is 10.0 Å². The summed E-state index contributed by atoms with van der Waals surface area (Å²) in [6, 6.07) is 10.5. The first-order chi connectivity index (χ1) is 13.2. The van der Waals surface area contributed by atoms with Gasteiger partial charge < -0.3 is 4.90 Å². The fraction of sp³-hybridized carbons (Fsp3) is 0.263. The Kier molecular flexibility index (Phi) is 6.09. The number of carbonyl (C=O) groups is 2. The average Bonchev–Trinajstić information content (AvgIpc) is 2.67. The van der Waals surface area contributed by atoms with Gasteiger partial charge in [-0.1, -0.05) is 35.3 Å². The maximum atomic E-state index is 12.8. The number of nitrogens with zero attached hydrogens (tertiary/aromatic N) is 2. The molecule has 2 aromatic carbocycles. The van der Waals surface area contributed by atoms with Crippen molar-refractivity contribution in [2.24, 2.45) is 0 Å². The Morgan fingerprint density at radius 2 is 1.39 bits per heavy atom. The van der Waals surface area contributed by atoms with Crippen LogP contribution in [-0.2, 0) is 10.0 Å². The number of halogens is 2. The van der Waals surface area contributed by atoms with Crippen LogP contribution in [0.3, 0.4) is 0 Å². The summed E-state index contributed by atoms with van der Waals surface area (Å²) in [5.41, 5.74) is 0.822. The topological polar surface area (TPSA) is 74.8 Å². The van der Waals surface area contributed by atoms with Crippen LogP contribution in [0.25, 0.3) is 0 Å². The summed E-state index contributed by atoms with van der Waals surface area (Å²) >= 11 is 11.9. The van der Waals surface area contributed by atoms with Crippen molar-refractivity contribution in [2.75, 3.05) is 26.2 Å². The lowest BCUT2D eigenvalue weighted by molar-refractivity contribution is 0.0698. The third kappa shape index (κ3) is 4.38. The number of rotatable bonds is 4. The molecule has 3 rings (SSSR count). The maximum Gasteiger partial charge on any atom is 0.254 e. The first-order valence-corrected chi connectivity index (χ1v) is 10.7. The molecule has 0 spiro atoms. The summed E-state index contributed by atoms with van der Waals surface area (Å²) in [5.74, 6) is -0.371. The molecule has 6 nitrogen and oxygen atoms in total.